The summed E-state index contributed by atoms with van der Waals surface area (Å²) in [6.07, 6.45) is 7.39. The molecule has 0 unspecified atom stereocenters. The van der Waals surface area contributed by atoms with Crippen LogP contribution in [0.25, 0.3) is 0 Å². The standard InChI is InChI=1S/C17H22N2O.C8H16O/c1-18(2)15-9-5-13(6-10-15)17(20)14-7-11-16(12-8-14)19(3)4;1-2-3-4-5-6-7-8-9/h5-12,17,20H,1-4H3;8H,2-7H2,1H3. The van der Waals surface area contributed by atoms with Gasteiger partial charge in [-0.05, 0) is 41.8 Å². The highest BCUT2D eigenvalue weighted by atomic mass is 16.3. The van der Waals surface area contributed by atoms with Crippen molar-refractivity contribution >= 4 is 17.7 Å². The van der Waals surface area contributed by atoms with Crippen molar-refractivity contribution in [1.29, 1.82) is 0 Å². The summed E-state index contributed by atoms with van der Waals surface area (Å²) in [6.45, 7) is 2.19. The molecular weight excluding hydrogens is 360 g/mol. The minimum atomic E-state index is -0.581. The summed E-state index contributed by atoms with van der Waals surface area (Å²) in [5, 5.41) is 10.4. The smallest absolute Gasteiger partial charge is 0.119 e. The zero-order valence-corrected chi connectivity index (χ0v) is 18.8. The van der Waals surface area contributed by atoms with E-state index in [1.807, 2.05) is 86.5 Å². The minimum Gasteiger partial charge on any atom is -0.384 e. The van der Waals surface area contributed by atoms with Crippen molar-refractivity contribution in [2.24, 2.45) is 0 Å². The van der Waals surface area contributed by atoms with Crippen molar-refractivity contribution in [1.82, 2.24) is 0 Å². The average Bonchev–Trinajstić information content (AvgIpc) is 2.74. The van der Waals surface area contributed by atoms with Crippen molar-refractivity contribution < 1.29 is 9.90 Å². The van der Waals surface area contributed by atoms with Gasteiger partial charge in [0.2, 0.25) is 0 Å². The van der Waals surface area contributed by atoms with Gasteiger partial charge in [0.05, 0.1) is 0 Å². The molecule has 0 fully saturated rings. The predicted octanol–water partition coefficient (Wildman–Crippen LogP) is 5.45. The van der Waals surface area contributed by atoms with Gasteiger partial charge in [-0.25, -0.2) is 0 Å². The fraction of sp³-hybridized carbons (Fsp3) is 0.480. The molecule has 0 aliphatic carbocycles. The molecule has 0 radical (unpaired) electrons. The van der Waals surface area contributed by atoms with Crippen LogP contribution in [0.5, 0.6) is 0 Å². The van der Waals surface area contributed by atoms with Crippen molar-refractivity contribution in [3.63, 3.8) is 0 Å². The molecule has 4 nitrogen and oxygen atoms in total. The van der Waals surface area contributed by atoms with E-state index >= 15 is 0 Å². The topological polar surface area (TPSA) is 43.8 Å². The van der Waals surface area contributed by atoms with E-state index in [0.717, 1.165) is 41.6 Å². The highest BCUT2D eigenvalue weighted by Crippen LogP contribution is 2.25. The average molecular weight is 399 g/mol. The van der Waals surface area contributed by atoms with Gasteiger partial charge in [0.15, 0.2) is 0 Å². The van der Waals surface area contributed by atoms with Crippen LogP contribution in [0, 0.1) is 0 Å². The zero-order valence-electron chi connectivity index (χ0n) is 18.8. The summed E-state index contributed by atoms with van der Waals surface area (Å²) in [5.74, 6) is 0. The molecule has 160 valence electrons. The van der Waals surface area contributed by atoms with Crippen LogP contribution in [0.4, 0.5) is 11.4 Å². The quantitative estimate of drug-likeness (QED) is 0.427. The third-order valence-electron chi connectivity index (χ3n) is 4.88. The monoisotopic (exact) mass is 398 g/mol. The van der Waals surface area contributed by atoms with Gasteiger partial charge in [0.1, 0.15) is 12.4 Å². The Morgan fingerprint density at radius 1 is 0.759 bits per heavy atom. The number of rotatable bonds is 10. The Morgan fingerprint density at radius 3 is 1.52 bits per heavy atom. The van der Waals surface area contributed by atoms with Gasteiger partial charge in [0.25, 0.3) is 0 Å². The number of benzene rings is 2. The number of carbonyl (C=O) groups excluding carboxylic acids is 1. The molecule has 0 amide bonds. The number of unbranched alkanes of at least 4 members (excludes halogenated alkanes) is 5. The maximum Gasteiger partial charge on any atom is 0.119 e. The number of aldehydes is 1. The van der Waals surface area contributed by atoms with Crippen molar-refractivity contribution in [3.8, 4) is 0 Å². The van der Waals surface area contributed by atoms with Gasteiger partial charge in [0, 0.05) is 46.0 Å². The van der Waals surface area contributed by atoms with E-state index in [0.29, 0.717) is 0 Å². The Hall–Kier alpha value is -2.33. The summed E-state index contributed by atoms with van der Waals surface area (Å²) in [5.41, 5.74) is 4.08. The molecule has 2 rings (SSSR count). The maximum absolute atomic E-state index is 10.4. The molecule has 0 aliphatic rings. The Morgan fingerprint density at radius 2 is 1.17 bits per heavy atom. The van der Waals surface area contributed by atoms with E-state index in [4.69, 9.17) is 0 Å². The SMILES string of the molecule is CCCCCCCC=O.CN(C)c1ccc(C(O)c2ccc(N(C)C)cc2)cc1. The number of carbonyl (C=O) groups is 1. The number of aliphatic hydroxyl groups excluding tert-OH is 1. The lowest BCUT2D eigenvalue weighted by Crippen LogP contribution is -2.09. The molecule has 0 bridgehead atoms. The first-order chi connectivity index (χ1) is 13.9. The Kier molecular flexibility index (Phi) is 11.7. The van der Waals surface area contributed by atoms with E-state index in [-0.39, 0.29) is 0 Å². The fourth-order valence-corrected chi connectivity index (χ4v) is 2.93. The summed E-state index contributed by atoms with van der Waals surface area (Å²) >= 11 is 0. The number of hydrogen-bond acceptors (Lipinski definition) is 4. The number of hydrogen-bond donors (Lipinski definition) is 1. The molecule has 4 heteroatoms. The third kappa shape index (κ3) is 9.14. The first kappa shape index (κ1) is 24.7. The van der Waals surface area contributed by atoms with Crippen molar-refractivity contribution in [3.05, 3.63) is 59.7 Å². The first-order valence-electron chi connectivity index (χ1n) is 10.6. The van der Waals surface area contributed by atoms with Crippen molar-refractivity contribution in [2.45, 2.75) is 51.6 Å². The van der Waals surface area contributed by atoms with E-state index in [1.165, 1.54) is 25.7 Å². The van der Waals surface area contributed by atoms with E-state index in [9.17, 15) is 9.90 Å². The van der Waals surface area contributed by atoms with Crippen molar-refractivity contribution in [2.75, 3.05) is 38.0 Å². The number of anilines is 2. The molecule has 0 aromatic heterocycles. The second-order valence-electron chi connectivity index (χ2n) is 7.74. The third-order valence-corrected chi connectivity index (χ3v) is 4.88. The lowest BCUT2D eigenvalue weighted by atomic mass is 10.0. The van der Waals surface area contributed by atoms with Crippen LogP contribution < -0.4 is 9.80 Å². The van der Waals surface area contributed by atoms with Gasteiger partial charge in [-0.1, -0.05) is 56.9 Å². The molecule has 0 saturated heterocycles. The van der Waals surface area contributed by atoms with Crippen LogP contribution in [0.1, 0.15) is 62.7 Å². The molecule has 29 heavy (non-hydrogen) atoms. The molecule has 0 heterocycles. The Balaban J connectivity index is 0.000000396. The van der Waals surface area contributed by atoms with E-state index in [2.05, 4.69) is 6.92 Å². The summed E-state index contributed by atoms with van der Waals surface area (Å²) in [7, 11) is 8.02. The summed E-state index contributed by atoms with van der Waals surface area (Å²) in [6, 6.07) is 16.0. The Bertz CT molecular complexity index is 627. The van der Waals surface area contributed by atoms with Gasteiger partial charge in [-0.3, -0.25) is 0 Å². The number of nitrogens with zero attached hydrogens (tertiary/aromatic N) is 2. The van der Waals surface area contributed by atoms with Crippen LogP contribution in [-0.2, 0) is 4.79 Å². The second kappa shape index (κ2) is 13.8. The Labute approximate surface area is 177 Å². The summed E-state index contributed by atoms with van der Waals surface area (Å²) < 4.78 is 0. The van der Waals surface area contributed by atoms with Crippen LogP contribution >= 0.6 is 0 Å². The van der Waals surface area contributed by atoms with Crippen LogP contribution in [0.3, 0.4) is 0 Å². The van der Waals surface area contributed by atoms with Crippen LogP contribution in [0.2, 0.25) is 0 Å². The molecular formula is C25H38N2O2. The highest BCUT2D eigenvalue weighted by molar-refractivity contribution is 5.50. The summed E-state index contributed by atoms with van der Waals surface area (Å²) in [4.78, 5) is 13.9. The molecule has 2 aromatic rings. The molecule has 2 aromatic carbocycles. The first-order valence-corrected chi connectivity index (χ1v) is 10.6. The fourth-order valence-electron chi connectivity index (χ4n) is 2.93. The van der Waals surface area contributed by atoms with Gasteiger partial charge >= 0.3 is 0 Å². The largest absolute Gasteiger partial charge is 0.384 e. The zero-order chi connectivity index (χ0) is 21.6. The van der Waals surface area contributed by atoms with Gasteiger partial charge < -0.3 is 19.7 Å². The number of aliphatic hydroxyl groups is 1. The lowest BCUT2D eigenvalue weighted by molar-refractivity contribution is -0.107. The molecule has 0 spiro atoms. The lowest BCUT2D eigenvalue weighted by Gasteiger charge is -2.17. The normalized spacial score (nSPS) is 10.3. The van der Waals surface area contributed by atoms with Gasteiger partial charge in [-0.2, -0.15) is 0 Å². The molecule has 0 atom stereocenters. The van der Waals surface area contributed by atoms with E-state index in [1.54, 1.807) is 0 Å². The predicted molar refractivity (Wildman–Crippen MR) is 125 cm³/mol. The molecule has 0 aliphatic heterocycles. The van der Waals surface area contributed by atoms with Crippen LogP contribution in [0.15, 0.2) is 48.5 Å². The van der Waals surface area contributed by atoms with Crippen LogP contribution in [-0.4, -0.2) is 39.6 Å². The van der Waals surface area contributed by atoms with E-state index < -0.39 is 6.10 Å². The van der Waals surface area contributed by atoms with Gasteiger partial charge in [-0.15, -0.1) is 0 Å². The maximum atomic E-state index is 10.4. The molecule has 1 N–H and O–H groups in total. The molecule has 0 saturated carbocycles. The minimum absolute atomic E-state index is 0.581. The second-order valence-corrected chi connectivity index (χ2v) is 7.74. The highest BCUT2D eigenvalue weighted by Gasteiger charge is 2.10.